The third kappa shape index (κ3) is 6.98. The van der Waals surface area contributed by atoms with Crippen LogP contribution in [0.2, 0.25) is 0 Å². The molecule has 0 bridgehead atoms. The van der Waals surface area contributed by atoms with Crippen molar-refractivity contribution in [1.82, 2.24) is 24.1 Å². The summed E-state index contributed by atoms with van der Waals surface area (Å²) in [4.78, 5) is 22.4. The van der Waals surface area contributed by atoms with E-state index >= 15 is 0 Å². The van der Waals surface area contributed by atoms with Gasteiger partial charge in [0.1, 0.15) is 126 Å². The summed E-state index contributed by atoms with van der Waals surface area (Å²) in [7, 11) is 34.6. The maximum atomic E-state index is 5.86. The van der Waals surface area contributed by atoms with Gasteiger partial charge in [0, 0.05) is 47.2 Å². The highest BCUT2D eigenvalue weighted by Crippen LogP contribution is 2.73. The van der Waals surface area contributed by atoms with E-state index in [1.54, 1.807) is 0 Å². The lowest BCUT2D eigenvalue weighted by atomic mass is 9.63. The van der Waals surface area contributed by atoms with Crippen LogP contribution in [0.25, 0.3) is 66.9 Å². The van der Waals surface area contributed by atoms with Gasteiger partial charge in [0.15, 0.2) is 5.82 Å². The molecule has 3 heterocycles. The number of hydrogen-bond donors (Lipinski definition) is 0. The quantitative estimate of drug-likeness (QED) is 0.150. The largest absolute Gasteiger partial charge is 0.279 e. The Morgan fingerprint density at radius 2 is 0.548 bits per heavy atom. The van der Waals surface area contributed by atoms with Crippen LogP contribution in [0.15, 0.2) is 135 Å². The Hall–Kier alpha value is -6.24. The molecule has 0 amide bonds. The SMILES string of the molecule is Bc1c(B)c(B)c2c(c1B)c1c(B)c(B)c(B)c(B)c1n2-c1nc(-c2cccc(S(c3ccccc3)(c3ccccc3)c3ccccc3)c2)nc(-n2c3c(B)c(B)c(B)c(B)c3c3c(B)c(B)c(B)c(B)c32)n1. The Kier molecular flexibility index (Phi) is 12.1. The van der Waals surface area contributed by atoms with E-state index in [0.29, 0.717) is 17.7 Å². The van der Waals surface area contributed by atoms with Crippen LogP contribution in [-0.4, -0.2) is 150 Å². The van der Waals surface area contributed by atoms with Gasteiger partial charge < -0.3 is 0 Å². The van der Waals surface area contributed by atoms with Crippen molar-refractivity contribution in [2.75, 3.05) is 0 Å². The molecule has 22 heteroatoms. The lowest BCUT2D eigenvalue weighted by Crippen LogP contribution is -2.49. The lowest BCUT2D eigenvalue weighted by Gasteiger charge is -2.42. The van der Waals surface area contributed by atoms with Crippen LogP contribution in [0.1, 0.15) is 0 Å². The molecule has 0 aliphatic carbocycles. The summed E-state index contributed by atoms with van der Waals surface area (Å²) in [5.74, 6) is 1.85. The van der Waals surface area contributed by atoms with Gasteiger partial charge >= 0.3 is 0 Å². The maximum absolute atomic E-state index is 5.86. The molecule has 0 fully saturated rings. The number of nitrogens with zero attached hydrogens (tertiary/aromatic N) is 5. The predicted octanol–water partition coefficient (Wildman–Crippen LogP) is -14.8. The lowest BCUT2D eigenvalue weighted by molar-refractivity contribution is 0.895. The van der Waals surface area contributed by atoms with Crippen LogP contribution in [-0.2, 0) is 0 Å². The first-order valence-corrected chi connectivity index (χ1v) is 27.4. The van der Waals surface area contributed by atoms with Crippen molar-refractivity contribution in [3.63, 3.8) is 0 Å². The van der Waals surface area contributed by atoms with Crippen LogP contribution in [0, 0.1) is 0 Å². The molecule has 334 valence electrons. The van der Waals surface area contributed by atoms with Gasteiger partial charge in [-0.25, -0.2) is 0 Å². The molecule has 0 aliphatic heterocycles. The fraction of sp³-hybridized carbons (Fsp3) is 0. The van der Waals surface area contributed by atoms with Gasteiger partial charge in [0.05, 0.1) is 0 Å². The first-order valence-electron chi connectivity index (χ1n) is 25.8. The summed E-state index contributed by atoms with van der Waals surface area (Å²) >= 11 is 0. The van der Waals surface area contributed by atoms with E-state index in [1.165, 1.54) is 129 Å². The first-order chi connectivity index (χ1) is 34.9. The molecular weight excluding hydrogens is 888 g/mol. The summed E-state index contributed by atoms with van der Waals surface area (Å²) < 4.78 is 4.82. The number of hydrogen-bond acceptors (Lipinski definition) is 3. The van der Waals surface area contributed by atoms with Crippen molar-refractivity contribution in [3.8, 4) is 23.3 Å². The van der Waals surface area contributed by atoms with Crippen LogP contribution < -0.4 is 87.4 Å². The smallest absolute Gasteiger partial charge is 0.240 e. The molecule has 0 atom stereocenters. The van der Waals surface area contributed by atoms with Crippen LogP contribution in [0.3, 0.4) is 0 Å². The number of rotatable bonds is 7. The normalized spacial score (nSPS) is 12.1. The second-order valence-corrected chi connectivity index (χ2v) is 24.0. The third-order valence-corrected chi connectivity index (χ3v) is 21.7. The van der Waals surface area contributed by atoms with Gasteiger partial charge in [0.25, 0.3) is 0 Å². The van der Waals surface area contributed by atoms with Gasteiger partial charge in [-0.2, -0.15) is 15.0 Å². The molecule has 0 radical (unpaired) electrons. The summed E-state index contributed by atoms with van der Waals surface area (Å²) in [5, 5.41) is 5.11. The molecule has 0 saturated carbocycles. The molecule has 8 aromatic carbocycles. The van der Waals surface area contributed by atoms with Gasteiger partial charge in [-0.05, 0) is 70.1 Å². The monoisotopic (exact) mass is 942 g/mol. The highest BCUT2D eigenvalue weighted by Gasteiger charge is 2.34. The average molecular weight is 939 g/mol. The van der Waals surface area contributed by atoms with Crippen molar-refractivity contribution in [3.05, 3.63) is 115 Å². The summed E-state index contributed by atoms with van der Waals surface area (Å²) in [6.07, 6.45) is 0. The minimum Gasteiger partial charge on any atom is -0.279 e. The van der Waals surface area contributed by atoms with Crippen LogP contribution >= 0.6 is 10.0 Å². The summed E-state index contributed by atoms with van der Waals surface area (Å²) in [6.45, 7) is 0. The molecule has 11 aromatic rings. The van der Waals surface area contributed by atoms with Gasteiger partial charge in [0.2, 0.25) is 11.9 Å². The van der Waals surface area contributed by atoms with Gasteiger partial charge in [-0.15, -0.1) is 31.9 Å². The Morgan fingerprint density at radius 1 is 0.274 bits per heavy atom. The van der Waals surface area contributed by atoms with E-state index in [-0.39, 0.29) is 0 Å². The summed E-state index contributed by atoms with van der Waals surface area (Å²) in [5.41, 5.74) is 26.2. The zero-order chi connectivity index (χ0) is 51.7. The zero-order valence-electron chi connectivity index (χ0n) is 45.6. The highest BCUT2D eigenvalue weighted by molar-refractivity contribution is 8.34. The molecule has 11 rings (SSSR count). The topological polar surface area (TPSA) is 48.5 Å². The molecule has 0 N–H and O–H groups in total. The number of fused-ring (bicyclic) bond motifs is 6. The van der Waals surface area contributed by atoms with Crippen molar-refractivity contribution in [1.29, 1.82) is 0 Å². The molecule has 5 nitrogen and oxygen atoms in total. The van der Waals surface area contributed by atoms with Crippen molar-refractivity contribution < 1.29 is 0 Å². The number of benzene rings is 8. The molecular formula is C51H51B16N5S. The molecule has 3 aromatic heterocycles. The molecule has 0 spiro atoms. The molecule has 73 heavy (non-hydrogen) atoms. The van der Waals surface area contributed by atoms with Crippen molar-refractivity contribution >= 4 is 267 Å². The number of aromatic nitrogens is 5. The fourth-order valence-electron chi connectivity index (χ4n) is 12.3. The Morgan fingerprint density at radius 3 is 0.849 bits per heavy atom. The fourth-order valence-corrected chi connectivity index (χ4v) is 16.3. The van der Waals surface area contributed by atoms with Crippen molar-refractivity contribution in [2.24, 2.45) is 0 Å². The second-order valence-electron chi connectivity index (χ2n) is 20.9. The molecule has 0 aliphatic rings. The van der Waals surface area contributed by atoms with E-state index in [1.807, 2.05) is 0 Å². The Balaban J connectivity index is 1.35. The maximum Gasteiger partial charge on any atom is 0.240 e. The van der Waals surface area contributed by atoms with E-state index in [4.69, 9.17) is 15.0 Å². The van der Waals surface area contributed by atoms with Crippen LogP contribution in [0.4, 0.5) is 0 Å². The Bertz CT molecular complexity index is 3740. The predicted molar refractivity (Wildman–Crippen MR) is 365 cm³/mol. The minimum absolute atomic E-state index is 0.612. The highest BCUT2D eigenvalue weighted by atomic mass is 32.3. The molecule has 0 saturated heterocycles. The average Bonchev–Trinajstić information content (AvgIpc) is 3.98. The second kappa shape index (κ2) is 18.0. The standard InChI is InChI=1S/C51H51B16N5S/c52-29-25-26-30(53)34(57)38(61)42(65)46(26)71(45(25)41(64)37(60)33(29)56)50-68-49(69-51(70-50)72-47-27(31(54)35(58)39(62)43(47)66)28-32(55)36(59)40(63)44(67)48(28)72)20-11-10-18-24(19-20)73(21-12-4-1-5-13-21,22-14-6-2-7-15-22)23-16-8-3-9-17-23/h1-19H,52-67H2. The van der Waals surface area contributed by atoms with E-state index in [9.17, 15) is 0 Å². The van der Waals surface area contributed by atoms with Crippen molar-refractivity contribution in [2.45, 2.75) is 19.6 Å². The Labute approximate surface area is 445 Å². The van der Waals surface area contributed by atoms with Gasteiger partial charge in [-0.3, -0.25) is 9.13 Å². The van der Waals surface area contributed by atoms with Crippen LogP contribution in [0.5, 0.6) is 0 Å². The van der Waals surface area contributed by atoms with E-state index < -0.39 is 10.0 Å². The zero-order valence-corrected chi connectivity index (χ0v) is 46.4. The molecule has 0 unspecified atom stereocenters. The van der Waals surface area contributed by atoms with E-state index in [2.05, 4.69) is 250 Å². The minimum atomic E-state index is -2.02. The summed E-state index contributed by atoms with van der Waals surface area (Å²) in [6, 6.07) is 42.3. The van der Waals surface area contributed by atoms with Gasteiger partial charge in [-0.1, -0.05) is 132 Å². The first kappa shape index (κ1) is 49.0. The third-order valence-electron chi connectivity index (χ3n) is 17.8. The van der Waals surface area contributed by atoms with E-state index in [0.717, 1.165) is 27.6 Å².